The van der Waals surface area contributed by atoms with Crippen LogP contribution in [0.15, 0.2) is 95.7 Å². The number of aromatic nitrogens is 4. The molecule has 0 radical (unpaired) electrons. The highest BCUT2D eigenvalue weighted by atomic mass is 35.5. The molecule has 3 saturated heterocycles. The second-order valence-corrected chi connectivity index (χ2v) is 21.5. The molecule has 2 N–H and O–H groups in total. The van der Waals surface area contributed by atoms with Gasteiger partial charge in [-0.25, -0.2) is 23.1 Å². The number of carbonyl (C=O) groups excluding carboxylic acids is 1. The number of nitrogens with zero attached hydrogens (tertiary/aromatic N) is 7. The van der Waals surface area contributed by atoms with Gasteiger partial charge in [-0.1, -0.05) is 43.2 Å². The predicted molar refractivity (Wildman–Crippen MR) is 262 cm³/mol. The molecule has 0 saturated carbocycles. The zero-order chi connectivity index (χ0) is 47.2. The van der Waals surface area contributed by atoms with E-state index in [0.29, 0.717) is 28.4 Å². The lowest BCUT2D eigenvalue weighted by atomic mass is 9.72. The molecule has 3 aromatic carbocycles. The van der Waals surface area contributed by atoms with Crippen molar-refractivity contribution in [2.75, 3.05) is 70.5 Å². The predicted octanol–water partition coefficient (Wildman–Crippen LogP) is 8.25. The van der Waals surface area contributed by atoms with Gasteiger partial charge in [0.25, 0.3) is 15.9 Å². The summed E-state index contributed by atoms with van der Waals surface area (Å²) < 4.78 is 43.3. The summed E-state index contributed by atoms with van der Waals surface area (Å²) in [6, 6.07) is 21.2. The minimum Gasteiger partial charge on any atom is -0.486 e. The van der Waals surface area contributed by atoms with E-state index in [0.717, 1.165) is 120 Å². The van der Waals surface area contributed by atoms with E-state index in [-0.39, 0.29) is 29.3 Å². The number of nitrogens with one attached hydrogen (secondary N) is 2. The molecular weight excluding hydrogens is 906 g/mol. The third kappa shape index (κ3) is 9.72. The number of nitro groups is 1. The van der Waals surface area contributed by atoms with Crippen molar-refractivity contribution < 1.29 is 27.6 Å². The zero-order valence-corrected chi connectivity index (χ0v) is 39.9. The number of fused-ring (bicyclic) bond motifs is 2. The molecule has 1 atom stereocenters. The summed E-state index contributed by atoms with van der Waals surface area (Å²) >= 11 is 6.27. The number of halogens is 1. The van der Waals surface area contributed by atoms with Crippen LogP contribution in [0.4, 0.5) is 11.4 Å². The van der Waals surface area contributed by atoms with Crippen molar-refractivity contribution >= 4 is 66.5 Å². The molecule has 18 heteroatoms. The average molecular weight is 963 g/mol. The second kappa shape index (κ2) is 18.9. The normalized spacial score (nSPS) is 19.8. The van der Waals surface area contributed by atoms with Gasteiger partial charge in [-0.15, -0.1) is 0 Å². The number of pyridine rings is 1. The van der Waals surface area contributed by atoms with E-state index in [1.165, 1.54) is 28.8 Å². The Bertz CT molecular complexity index is 3010. The molecule has 3 fully saturated rings. The van der Waals surface area contributed by atoms with Gasteiger partial charge in [-0.05, 0) is 116 Å². The van der Waals surface area contributed by atoms with Gasteiger partial charge in [-0.2, -0.15) is 0 Å². The maximum Gasteiger partial charge on any atom is 0.312 e. The number of likely N-dealkylation sites (tertiary alicyclic amines) is 1. The van der Waals surface area contributed by atoms with Crippen LogP contribution in [0.2, 0.25) is 5.02 Å². The molecule has 3 aromatic heterocycles. The standard InChI is InChI=1S/C50H56ClN9O7S/c1-50(2)16-11-36(42(28-50)34-3-5-37(51)6-4-34)31-56-19-21-57(22-20-56)39-7-9-41(44(26-39)59-45-25-35-12-17-52-48(35)54-43(45)29-53-59)49(61)55-68(64,65)40-8-10-47(46(27-40)60(62)63)67-32-33-13-18-58(30-33)38-14-23-66-24-15-38/h3-10,12,17,25-27,29,33,38,53H,11,13-16,18-24,28,30-32H2,1-2H3,(H,55,61)/t33-/m0/s1. The lowest BCUT2D eigenvalue weighted by Crippen LogP contribution is -2.47. The Balaban J connectivity index is 0.879. The Kier molecular flexibility index (Phi) is 12.8. The van der Waals surface area contributed by atoms with E-state index in [1.54, 1.807) is 23.1 Å². The van der Waals surface area contributed by atoms with Gasteiger partial charge < -0.3 is 14.4 Å². The Morgan fingerprint density at radius 1 is 1.00 bits per heavy atom. The van der Waals surface area contributed by atoms with Crippen LogP contribution in [0.3, 0.4) is 0 Å². The highest BCUT2D eigenvalue weighted by Gasteiger charge is 2.33. The number of allylic oxidation sites excluding steroid dienone is 1. The van der Waals surface area contributed by atoms with Crippen molar-refractivity contribution in [1.29, 1.82) is 0 Å². The summed E-state index contributed by atoms with van der Waals surface area (Å²) in [5.74, 6) is -0.761. The lowest BCUT2D eigenvalue weighted by molar-refractivity contribution is -0.386. The average Bonchev–Trinajstić information content (AvgIpc) is 4.11. The summed E-state index contributed by atoms with van der Waals surface area (Å²) in [6.07, 6.45) is 9.45. The number of aromatic amines is 1. The van der Waals surface area contributed by atoms with Crippen LogP contribution in [0.25, 0.3) is 33.3 Å². The third-order valence-corrected chi connectivity index (χ3v) is 15.8. The summed E-state index contributed by atoms with van der Waals surface area (Å²) in [6.45, 7) is 12.2. The highest BCUT2D eigenvalue weighted by Crippen LogP contribution is 2.43. The van der Waals surface area contributed by atoms with Crippen LogP contribution in [0, 0.1) is 21.4 Å². The van der Waals surface area contributed by atoms with E-state index < -0.39 is 31.4 Å². The van der Waals surface area contributed by atoms with E-state index in [9.17, 15) is 23.3 Å². The van der Waals surface area contributed by atoms with Crippen molar-refractivity contribution in [2.45, 2.75) is 63.3 Å². The lowest BCUT2D eigenvalue weighted by Gasteiger charge is -2.39. The molecule has 10 rings (SSSR count). The molecule has 6 heterocycles. The minimum atomic E-state index is -4.60. The van der Waals surface area contributed by atoms with Crippen molar-refractivity contribution in [2.24, 2.45) is 11.3 Å². The maximum absolute atomic E-state index is 14.3. The number of hydrogen-bond acceptors (Lipinski definition) is 12. The van der Waals surface area contributed by atoms with Gasteiger partial charge in [0.05, 0.1) is 33.2 Å². The van der Waals surface area contributed by atoms with Gasteiger partial charge in [0.15, 0.2) is 11.4 Å². The molecule has 1 amide bonds. The molecule has 0 spiro atoms. The number of ether oxygens (including phenoxy) is 2. The SMILES string of the molecule is CC1(C)CCC(CN2CCN(c3ccc(C(=O)NS(=O)(=O)c4ccc(OC[C@H]5CCN(C6CCOCC6)C5)c([N+](=O)[O-])c4)c(-n4[nH]cc5nc6nccc6cc54)c3)CC2)=C(c2ccc(Cl)cc2)C1. The smallest absolute Gasteiger partial charge is 0.312 e. The summed E-state index contributed by atoms with van der Waals surface area (Å²) in [5, 5.41) is 17.1. The Morgan fingerprint density at radius 2 is 1.79 bits per heavy atom. The first-order valence-corrected chi connectivity index (χ1v) is 25.3. The number of rotatable bonds is 13. The van der Waals surface area contributed by atoms with Crippen LogP contribution in [0.1, 0.15) is 68.3 Å². The van der Waals surface area contributed by atoms with Gasteiger partial charge >= 0.3 is 5.69 Å². The molecular formula is C50H56ClN9O7S. The first-order chi connectivity index (χ1) is 32.8. The highest BCUT2D eigenvalue weighted by molar-refractivity contribution is 7.90. The van der Waals surface area contributed by atoms with Crippen molar-refractivity contribution in [3.63, 3.8) is 0 Å². The summed E-state index contributed by atoms with van der Waals surface area (Å²) in [4.78, 5) is 41.8. The van der Waals surface area contributed by atoms with Gasteiger partial charge in [0, 0.05) is 99.0 Å². The number of piperazine rings is 1. The zero-order valence-electron chi connectivity index (χ0n) is 38.3. The van der Waals surface area contributed by atoms with Gasteiger partial charge in [-0.3, -0.25) is 34.5 Å². The van der Waals surface area contributed by atoms with Crippen LogP contribution in [-0.4, -0.2) is 120 Å². The quantitative estimate of drug-likeness (QED) is 0.0837. The molecule has 6 aromatic rings. The van der Waals surface area contributed by atoms with Crippen LogP contribution < -0.4 is 14.4 Å². The molecule has 0 unspecified atom stereocenters. The molecule has 16 nitrogen and oxygen atoms in total. The fourth-order valence-corrected chi connectivity index (χ4v) is 11.5. The number of sulfonamides is 1. The van der Waals surface area contributed by atoms with Crippen LogP contribution >= 0.6 is 11.6 Å². The van der Waals surface area contributed by atoms with Gasteiger partial charge in [0.1, 0.15) is 5.52 Å². The molecule has 1 aliphatic carbocycles. The molecule has 3 aliphatic heterocycles. The number of anilines is 1. The third-order valence-electron chi connectivity index (χ3n) is 14.2. The van der Waals surface area contributed by atoms with Gasteiger partial charge in [0.2, 0.25) is 0 Å². The first kappa shape index (κ1) is 45.9. The Morgan fingerprint density at radius 3 is 2.57 bits per heavy atom. The number of benzene rings is 3. The maximum atomic E-state index is 14.3. The molecule has 0 bridgehead atoms. The minimum absolute atomic E-state index is 0.0286. The molecule has 68 heavy (non-hydrogen) atoms. The Labute approximate surface area is 400 Å². The van der Waals surface area contributed by atoms with E-state index >= 15 is 0 Å². The van der Waals surface area contributed by atoms with Crippen molar-refractivity contribution in [3.8, 4) is 11.4 Å². The van der Waals surface area contributed by atoms with E-state index in [1.807, 2.05) is 36.4 Å². The van der Waals surface area contributed by atoms with Crippen molar-refractivity contribution in [3.05, 3.63) is 117 Å². The fourth-order valence-electron chi connectivity index (χ4n) is 10.4. The summed E-state index contributed by atoms with van der Waals surface area (Å²) in [7, 11) is -4.60. The van der Waals surface area contributed by atoms with E-state index in [4.69, 9.17) is 26.1 Å². The van der Waals surface area contributed by atoms with Crippen molar-refractivity contribution in [1.82, 2.24) is 34.3 Å². The topological polar surface area (TPSA) is 181 Å². The molecule has 4 aliphatic rings. The number of amides is 1. The van der Waals surface area contributed by atoms with E-state index in [2.05, 4.69) is 55.5 Å². The monoisotopic (exact) mass is 961 g/mol. The molecule has 356 valence electrons. The van der Waals surface area contributed by atoms with Crippen LogP contribution in [-0.2, 0) is 14.8 Å². The van der Waals surface area contributed by atoms with Crippen LogP contribution in [0.5, 0.6) is 5.75 Å². The Hall–Kier alpha value is -5.85. The first-order valence-electron chi connectivity index (χ1n) is 23.5. The number of hydrogen-bond donors (Lipinski definition) is 2. The number of H-pyrrole nitrogens is 1. The fraction of sp³-hybridized carbons (Fsp3) is 0.420. The number of nitro benzene ring substituents is 1. The largest absolute Gasteiger partial charge is 0.486 e. The number of carbonyl (C=O) groups is 1. The second-order valence-electron chi connectivity index (χ2n) is 19.4. The summed E-state index contributed by atoms with van der Waals surface area (Å²) in [5.41, 5.74) is 7.00.